The Labute approximate surface area is 68.2 Å². The van der Waals surface area contributed by atoms with Crippen LogP contribution in [0.15, 0.2) is 30.3 Å². The van der Waals surface area contributed by atoms with Crippen LogP contribution in [0.3, 0.4) is 0 Å². The van der Waals surface area contributed by atoms with Crippen molar-refractivity contribution >= 4 is 19.2 Å². The second-order valence-electron chi connectivity index (χ2n) is 2.12. The molecule has 2 heteroatoms. The third-order valence-corrected chi connectivity index (χ3v) is 2.36. The lowest BCUT2D eigenvalue weighted by atomic mass is 10.2. The molecule has 1 aromatic rings. The number of benzene rings is 1. The summed E-state index contributed by atoms with van der Waals surface area (Å²) in [6, 6.07) is 10.4. The summed E-state index contributed by atoms with van der Waals surface area (Å²) in [6.45, 7) is 0. The van der Waals surface area contributed by atoms with Crippen LogP contribution < -0.4 is 0 Å². The minimum absolute atomic E-state index is 0.556. The highest BCUT2D eigenvalue weighted by Gasteiger charge is 1.88. The van der Waals surface area contributed by atoms with Crippen LogP contribution in [0.5, 0.6) is 0 Å². The largest absolute Gasteiger partial charge is 0.100 e. The number of halogens is 1. The molecule has 0 amide bonds. The minimum atomic E-state index is 0.556. The summed E-state index contributed by atoms with van der Waals surface area (Å²) in [4.78, 5) is 0. The van der Waals surface area contributed by atoms with Gasteiger partial charge in [0.05, 0.1) is 0 Å². The lowest BCUT2D eigenvalue weighted by Crippen LogP contribution is -1.83. The van der Waals surface area contributed by atoms with Crippen molar-refractivity contribution in [2.45, 2.75) is 6.42 Å². The molecule has 54 valence electrons. The molecule has 0 aromatic heterocycles. The van der Waals surface area contributed by atoms with Gasteiger partial charge in [-0.1, -0.05) is 30.3 Å². The number of aryl methyl sites for hydroxylation is 1. The quantitative estimate of drug-likeness (QED) is 0.615. The van der Waals surface area contributed by atoms with E-state index in [-0.39, 0.29) is 0 Å². The summed E-state index contributed by atoms with van der Waals surface area (Å²) in [5, 5.41) is 0. The molecule has 0 fully saturated rings. The van der Waals surface area contributed by atoms with Crippen LogP contribution in [-0.4, -0.2) is 6.16 Å². The molecule has 1 aromatic carbocycles. The normalized spacial score (nSPS) is 10.9. The van der Waals surface area contributed by atoms with Crippen LogP contribution in [0.2, 0.25) is 0 Å². The third-order valence-electron chi connectivity index (χ3n) is 1.35. The molecule has 0 spiro atoms. The molecule has 0 nitrogen and oxygen atoms in total. The first-order valence-corrected chi connectivity index (χ1v) is 5.53. The summed E-state index contributed by atoms with van der Waals surface area (Å²) in [5.41, 5.74) is 1.38. The van der Waals surface area contributed by atoms with E-state index in [2.05, 4.69) is 24.3 Å². The van der Waals surface area contributed by atoms with Crippen molar-refractivity contribution in [3.8, 4) is 0 Å². The standard InChI is InChI=1S/C8H10ClP/c9-10-7-6-8-4-2-1-3-5-8/h1-5,10H,6-7H2. The third kappa shape index (κ3) is 2.68. The van der Waals surface area contributed by atoms with Gasteiger partial charge < -0.3 is 0 Å². The van der Waals surface area contributed by atoms with Crippen molar-refractivity contribution in [3.05, 3.63) is 35.9 Å². The fourth-order valence-corrected chi connectivity index (χ4v) is 1.50. The zero-order valence-corrected chi connectivity index (χ0v) is 7.43. The van der Waals surface area contributed by atoms with E-state index in [9.17, 15) is 0 Å². The average Bonchev–Trinajstić information content (AvgIpc) is 2.03. The van der Waals surface area contributed by atoms with Gasteiger partial charge in [0.25, 0.3) is 0 Å². The lowest BCUT2D eigenvalue weighted by Gasteiger charge is -1.95. The van der Waals surface area contributed by atoms with Crippen LogP contribution in [0, 0.1) is 0 Å². The molecule has 0 bridgehead atoms. The van der Waals surface area contributed by atoms with Crippen LogP contribution in [-0.2, 0) is 6.42 Å². The van der Waals surface area contributed by atoms with Crippen molar-refractivity contribution in [2.24, 2.45) is 0 Å². The minimum Gasteiger partial charge on any atom is -0.100 e. The average molecular weight is 173 g/mol. The van der Waals surface area contributed by atoms with E-state index in [1.807, 2.05) is 6.07 Å². The zero-order chi connectivity index (χ0) is 7.23. The predicted molar refractivity (Wildman–Crippen MR) is 49.2 cm³/mol. The van der Waals surface area contributed by atoms with Crippen molar-refractivity contribution in [1.29, 1.82) is 0 Å². The molecule has 1 atom stereocenters. The van der Waals surface area contributed by atoms with E-state index >= 15 is 0 Å². The number of rotatable bonds is 3. The number of hydrogen-bond donors (Lipinski definition) is 0. The van der Waals surface area contributed by atoms with Crippen LogP contribution in [0.1, 0.15) is 5.56 Å². The second kappa shape index (κ2) is 4.71. The SMILES string of the molecule is ClPCCc1ccccc1. The Morgan fingerprint density at radius 1 is 1.20 bits per heavy atom. The van der Waals surface area contributed by atoms with Gasteiger partial charge in [-0.2, -0.15) is 0 Å². The Hall–Kier alpha value is -0.0600. The second-order valence-corrected chi connectivity index (χ2v) is 3.69. The first-order valence-electron chi connectivity index (χ1n) is 3.31. The van der Waals surface area contributed by atoms with E-state index < -0.39 is 0 Å². The topological polar surface area (TPSA) is 0 Å². The fourth-order valence-electron chi connectivity index (χ4n) is 0.836. The molecular formula is C8H10ClP. The van der Waals surface area contributed by atoms with E-state index in [1.165, 1.54) is 5.56 Å². The molecule has 0 heterocycles. The number of hydrogen-bond acceptors (Lipinski definition) is 0. The van der Waals surface area contributed by atoms with Crippen molar-refractivity contribution in [3.63, 3.8) is 0 Å². The van der Waals surface area contributed by atoms with Crippen molar-refractivity contribution < 1.29 is 0 Å². The molecule has 0 N–H and O–H groups in total. The Kier molecular flexibility index (Phi) is 3.79. The highest BCUT2D eigenvalue weighted by atomic mass is 35.7. The monoisotopic (exact) mass is 172 g/mol. The van der Waals surface area contributed by atoms with Crippen LogP contribution in [0.4, 0.5) is 0 Å². The van der Waals surface area contributed by atoms with Gasteiger partial charge in [0, 0.05) is 0 Å². The maximum absolute atomic E-state index is 5.58. The molecule has 0 radical (unpaired) electrons. The molecule has 0 saturated carbocycles. The van der Waals surface area contributed by atoms with E-state index in [0.29, 0.717) is 7.93 Å². The first-order chi connectivity index (χ1) is 4.93. The lowest BCUT2D eigenvalue weighted by molar-refractivity contribution is 1.16. The Balaban J connectivity index is 2.43. The Morgan fingerprint density at radius 2 is 1.90 bits per heavy atom. The maximum atomic E-state index is 5.58. The van der Waals surface area contributed by atoms with Gasteiger partial charge in [-0.25, -0.2) is 0 Å². The highest BCUT2D eigenvalue weighted by Crippen LogP contribution is 2.16. The van der Waals surface area contributed by atoms with Crippen molar-refractivity contribution in [1.82, 2.24) is 0 Å². The molecular weight excluding hydrogens is 163 g/mol. The smallest absolute Gasteiger partial charge is 0.0174 e. The van der Waals surface area contributed by atoms with Crippen LogP contribution in [0.25, 0.3) is 0 Å². The zero-order valence-electron chi connectivity index (χ0n) is 5.68. The van der Waals surface area contributed by atoms with Gasteiger partial charge in [-0.3, -0.25) is 0 Å². The summed E-state index contributed by atoms with van der Waals surface area (Å²) in [6.07, 6.45) is 2.22. The molecule has 1 unspecified atom stereocenters. The summed E-state index contributed by atoms with van der Waals surface area (Å²) < 4.78 is 0. The predicted octanol–water partition coefficient (Wildman–Crippen LogP) is 3.06. The van der Waals surface area contributed by atoms with Crippen molar-refractivity contribution in [2.75, 3.05) is 6.16 Å². The van der Waals surface area contributed by atoms with E-state index in [0.717, 1.165) is 12.6 Å². The summed E-state index contributed by atoms with van der Waals surface area (Å²) >= 11 is 5.58. The van der Waals surface area contributed by atoms with Gasteiger partial charge in [-0.05, 0) is 26.1 Å². The van der Waals surface area contributed by atoms with E-state index in [4.69, 9.17) is 11.2 Å². The summed E-state index contributed by atoms with van der Waals surface area (Å²) in [7, 11) is 0.556. The van der Waals surface area contributed by atoms with Crippen LogP contribution >= 0.6 is 19.2 Å². The Morgan fingerprint density at radius 3 is 2.50 bits per heavy atom. The van der Waals surface area contributed by atoms with Gasteiger partial charge in [0.2, 0.25) is 0 Å². The molecule has 0 aliphatic heterocycles. The summed E-state index contributed by atoms with van der Waals surface area (Å²) in [5.74, 6) is 0. The molecule has 0 aliphatic rings. The molecule has 10 heavy (non-hydrogen) atoms. The maximum Gasteiger partial charge on any atom is -0.0174 e. The van der Waals surface area contributed by atoms with Gasteiger partial charge in [0.15, 0.2) is 0 Å². The van der Waals surface area contributed by atoms with Gasteiger partial charge >= 0.3 is 0 Å². The van der Waals surface area contributed by atoms with Gasteiger partial charge in [-0.15, -0.1) is 11.2 Å². The molecule has 0 saturated heterocycles. The molecule has 0 aliphatic carbocycles. The van der Waals surface area contributed by atoms with Gasteiger partial charge in [0.1, 0.15) is 0 Å². The van der Waals surface area contributed by atoms with E-state index in [1.54, 1.807) is 0 Å². The first kappa shape index (κ1) is 8.04. The highest BCUT2D eigenvalue weighted by molar-refractivity contribution is 7.68. The Bertz CT molecular complexity index is 174. The molecule has 1 rings (SSSR count). The fraction of sp³-hybridized carbons (Fsp3) is 0.250.